The number of carbonyl (C=O) groups is 2. The van der Waals surface area contributed by atoms with Gasteiger partial charge in [0.15, 0.2) is 0 Å². The summed E-state index contributed by atoms with van der Waals surface area (Å²) in [5.41, 5.74) is 5.17. The summed E-state index contributed by atoms with van der Waals surface area (Å²) >= 11 is 0. The molecule has 5 nitrogen and oxygen atoms in total. The fourth-order valence-corrected chi connectivity index (χ4v) is 2.93. The zero-order valence-electron chi connectivity index (χ0n) is 12.3. The molecule has 1 aliphatic carbocycles. The quantitative estimate of drug-likeness (QED) is 0.783. The van der Waals surface area contributed by atoms with Gasteiger partial charge in [-0.1, -0.05) is 19.8 Å². The third-order valence-corrected chi connectivity index (χ3v) is 4.08. The molecule has 0 radical (unpaired) electrons. The number of hydrogen-bond donors (Lipinski definition) is 3. The minimum Gasteiger partial charge on any atom is -0.388 e. The third kappa shape index (κ3) is 4.04. The zero-order chi connectivity index (χ0) is 15.5. The van der Waals surface area contributed by atoms with Gasteiger partial charge in [0.25, 0.3) is 5.91 Å². The first-order chi connectivity index (χ1) is 9.89. The maximum Gasteiger partial charge on any atom is 0.251 e. The first-order valence-corrected chi connectivity index (χ1v) is 7.30. The summed E-state index contributed by atoms with van der Waals surface area (Å²) in [7, 11) is 0. The van der Waals surface area contributed by atoms with Crippen LogP contribution in [0.2, 0.25) is 0 Å². The van der Waals surface area contributed by atoms with Crippen LogP contribution in [0.1, 0.15) is 53.3 Å². The van der Waals surface area contributed by atoms with Crippen LogP contribution < -0.4 is 11.1 Å². The Morgan fingerprint density at radius 2 is 1.95 bits per heavy atom. The molecule has 4 N–H and O–H groups in total. The minimum atomic E-state index is -0.805. The van der Waals surface area contributed by atoms with E-state index in [1.54, 1.807) is 12.1 Å². The maximum absolute atomic E-state index is 12.1. The largest absolute Gasteiger partial charge is 0.388 e. The summed E-state index contributed by atoms with van der Waals surface area (Å²) < 4.78 is 0. The first-order valence-electron chi connectivity index (χ1n) is 7.30. The predicted octanol–water partition coefficient (Wildman–Crippen LogP) is 1.46. The monoisotopic (exact) mass is 290 g/mol. The van der Waals surface area contributed by atoms with Gasteiger partial charge >= 0.3 is 0 Å². The molecule has 0 aromatic heterocycles. The fraction of sp³-hybridized carbons (Fsp3) is 0.500. The van der Waals surface area contributed by atoms with Crippen LogP contribution in [-0.4, -0.2) is 29.1 Å². The molecule has 2 rings (SSSR count). The lowest BCUT2D eigenvalue weighted by molar-refractivity contribution is -0.0109. The average molecular weight is 290 g/mol. The number of amides is 2. The van der Waals surface area contributed by atoms with Crippen LogP contribution in [0.4, 0.5) is 0 Å². The Hall–Kier alpha value is -1.88. The fourth-order valence-electron chi connectivity index (χ4n) is 2.93. The summed E-state index contributed by atoms with van der Waals surface area (Å²) in [6.07, 6.45) is 3.55. The summed E-state index contributed by atoms with van der Waals surface area (Å²) in [4.78, 5) is 23.0. The Morgan fingerprint density at radius 3 is 2.52 bits per heavy atom. The second kappa shape index (κ2) is 6.26. The smallest absolute Gasteiger partial charge is 0.251 e. The Kier molecular flexibility index (Phi) is 4.63. The van der Waals surface area contributed by atoms with Crippen molar-refractivity contribution in [3.63, 3.8) is 0 Å². The molecule has 21 heavy (non-hydrogen) atoms. The lowest BCUT2D eigenvalue weighted by Gasteiger charge is -2.35. The highest BCUT2D eigenvalue weighted by Gasteiger charge is 2.32. The van der Waals surface area contributed by atoms with Crippen molar-refractivity contribution in [2.24, 2.45) is 11.7 Å². The van der Waals surface area contributed by atoms with Crippen molar-refractivity contribution in [2.75, 3.05) is 6.54 Å². The van der Waals surface area contributed by atoms with Crippen molar-refractivity contribution in [3.05, 3.63) is 35.4 Å². The van der Waals surface area contributed by atoms with E-state index in [1.807, 2.05) is 0 Å². The second-order valence-corrected chi connectivity index (χ2v) is 6.05. The van der Waals surface area contributed by atoms with E-state index >= 15 is 0 Å². The standard InChI is InChI=1S/C16H22N2O3/c1-11-3-2-8-16(21,9-11)10-18-15(20)13-6-4-12(5-7-13)14(17)19/h4-7,11,21H,2-3,8-10H2,1H3,(H2,17,19)(H,18,20). The molecule has 2 atom stereocenters. The van der Waals surface area contributed by atoms with Crippen molar-refractivity contribution in [2.45, 2.75) is 38.2 Å². The van der Waals surface area contributed by atoms with Gasteiger partial charge in [0.1, 0.15) is 0 Å². The minimum absolute atomic E-state index is 0.252. The number of carbonyl (C=O) groups excluding carboxylic acids is 2. The Labute approximate surface area is 124 Å². The van der Waals surface area contributed by atoms with Crippen molar-refractivity contribution >= 4 is 11.8 Å². The van der Waals surface area contributed by atoms with Crippen LogP contribution in [0.3, 0.4) is 0 Å². The summed E-state index contributed by atoms with van der Waals surface area (Å²) in [5.74, 6) is -0.291. The van der Waals surface area contributed by atoms with E-state index < -0.39 is 11.5 Å². The van der Waals surface area contributed by atoms with Gasteiger partial charge in [-0.15, -0.1) is 0 Å². The molecule has 2 amide bonds. The maximum atomic E-state index is 12.1. The Bertz CT molecular complexity index is 527. The van der Waals surface area contributed by atoms with Gasteiger partial charge in [0.2, 0.25) is 5.91 Å². The molecular formula is C16H22N2O3. The highest BCUT2D eigenvalue weighted by molar-refractivity contribution is 5.97. The van der Waals surface area contributed by atoms with Crippen LogP contribution in [0.15, 0.2) is 24.3 Å². The number of aliphatic hydroxyl groups is 1. The van der Waals surface area contributed by atoms with E-state index in [9.17, 15) is 14.7 Å². The molecule has 0 bridgehead atoms. The molecule has 0 spiro atoms. The normalized spacial score (nSPS) is 25.3. The van der Waals surface area contributed by atoms with Gasteiger partial charge in [-0.25, -0.2) is 0 Å². The van der Waals surface area contributed by atoms with E-state index in [-0.39, 0.29) is 12.5 Å². The SMILES string of the molecule is CC1CCCC(O)(CNC(=O)c2ccc(C(N)=O)cc2)C1. The molecule has 114 valence electrons. The number of primary amides is 1. The van der Waals surface area contributed by atoms with Gasteiger partial charge in [-0.05, 0) is 43.0 Å². The molecule has 1 aromatic rings. The number of nitrogens with one attached hydrogen (secondary N) is 1. The lowest BCUT2D eigenvalue weighted by atomic mass is 9.79. The van der Waals surface area contributed by atoms with Crippen LogP contribution in [0.5, 0.6) is 0 Å². The summed E-state index contributed by atoms with van der Waals surface area (Å²) in [6.45, 7) is 2.38. The average Bonchev–Trinajstić information content (AvgIpc) is 2.45. The van der Waals surface area contributed by atoms with Crippen molar-refractivity contribution in [1.29, 1.82) is 0 Å². The van der Waals surface area contributed by atoms with E-state index in [0.717, 1.165) is 19.3 Å². The highest BCUT2D eigenvalue weighted by Crippen LogP contribution is 2.31. The van der Waals surface area contributed by atoms with Crippen LogP contribution >= 0.6 is 0 Å². The predicted molar refractivity (Wildman–Crippen MR) is 79.9 cm³/mol. The Morgan fingerprint density at radius 1 is 1.33 bits per heavy atom. The first kappa shape index (κ1) is 15.5. The Balaban J connectivity index is 1.93. The zero-order valence-corrected chi connectivity index (χ0v) is 12.3. The van der Waals surface area contributed by atoms with Gasteiger partial charge in [0, 0.05) is 17.7 Å². The topological polar surface area (TPSA) is 92.4 Å². The van der Waals surface area contributed by atoms with E-state index in [0.29, 0.717) is 23.5 Å². The van der Waals surface area contributed by atoms with Crippen molar-refractivity contribution in [3.8, 4) is 0 Å². The summed E-state index contributed by atoms with van der Waals surface area (Å²) in [5, 5.41) is 13.3. The van der Waals surface area contributed by atoms with Crippen LogP contribution in [0.25, 0.3) is 0 Å². The number of benzene rings is 1. The van der Waals surface area contributed by atoms with E-state index in [2.05, 4.69) is 12.2 Å². The number of rotatable bonds is 4. The van der Waals surface area contributed by atoms with E-state index in [1.165, 1.54) is 12.1 Å². The highest BCUT2D eigenvalue weighted by atomic mass is 16.3. The molecule has 0 heterocycles. The molecule has 1 saturated carbocycles. The van der Waals surface area contributed by atoms with Crippen molar-refractivity contribution < 1.29 is 14.7 Å². The molecule has 5 heteroatoms. The van der Waals surface area contributed by atoms with Crippen LogP contribution in [0, 0.1) is 5.92 Å². The molecule has 0 aliphatic heterocycles. The summed E-state index contributed by atoms with van der Waals surface area (Å²) in [6, 6.07) is 6.16. The number of nitrogens with two attached hydrogens (primary N) is 1. The van der Waals surface area contributed by atoms with Gasteiger partial charge in [0.05, 0.1) is 5.60 Å². The van der Waals surface area contributed by atoms with Crippen LogP contribution in [-0.2, 0) is 0 Å². The van der Waals surface area contributed by atoms with Crippen molar-refractivity contribution in [1.82, 2.24) is 5.32 Å². The molecular weight excluding hydrogens is 268 g/mol. The molecule has 1 fully saturated rings. The lowest BCUT2D eigenvalue weighted by Crippen LogP contribution is -2.45. The van der Waals surface area contributed by atoms with E-state index in [4.69, 9.17) is 5.73 Å². The number of hydrogen-bond acceptors (Lipinski definition) is 3. The molecule has 2 unspecified atom stereocenters. The van der Waals surface area contributed by atoms with Gasteiger partial charge < -0.3 is 16.2 Å². The van der Waals surface area contributed by atoms with Gasteiger partial charge in [-0.2, -0.15) is 0 Å². The molecule has 1 aliphatic rings. The third-order valence-electron chi connectivity index (χ3n) is 4.08. The van der Waals surface area contributed by atoms with Gasteiger partial charge in [-0.3, -0.25) is 9.59 Å². The second-order valence-electron chi connectivity index (χ2n) is 6.05. The molecule has 1 aromatic carbocycles. The molecule has 0 saturated heterocycles.